The Morgan fingerprint density at radius 3 is 2.50 bits per heavy atom. The van der Waals surface area contributed by atoms with Crippen LogP contribution in [0.3, 0.4) is 0 Å². The molecule has 0 aliphatic carbocycles. The van der Waals surface area contributed by atoms with Crippen molar-refractivity contribution in [1.82, 2.24) is 29.7 Å². The molecule has 0 unspecified atom stereocenters. The molecular weight excluding hydrogens is 427 g/mol. The van der Waals surface area contributed by atoms with Crippen LogP contribution < -0.4 is 11.1 Å². The average Bonchev–Trinajstić information content (AvgIpc) is 3.09. The van der Waals surface area contributed by atoms with Crippen LogP contribution in [0.15, 0.2) is 53.7 Å². The molecule has 2 aromatic carbocycles. The normalized spacial score (nSPS) is 10.9. The van der Waals surface area contributed by atoms with Gasteiger partial charge >= 0.3 is 0 Å². The fourth-order valence-corrected chi connectivity index (χ4v) is 3.53. The lowest BCUT2D eigenvalue weighted by molar-refractivity contribution is 0.628. The molecule has 0 bridgehead atoms. The molecule has 0 fully saturated rings. The third kappa shape index (κ3) is 4.66. The molecule has 2 heterocycles. The van der Waals surface area contributed by atoms with Crippen LogP contribution in [0.1, 0.15) is 5.82 Å². The molecule has 30 heavy (non-hydrogen) atoms. The predicted octanol–water partition coefficient (Wildman–Crippen LogP) is 4.08. The third-order valence-electron chi connectivity index (χ3n) is 4.07. The highest BCUT2D eigenvalue weighted by atomic mass is 35.5. The Labute approximate surface area is 180 Å². The number of benzene rings is 2. The molecular formula is C19H16ClFN8S. The Morgan fingerprint density at radius 2 is 1.77 bits per heavy atom. The molecule has 0 atom stereocenters. The number of halogens is 2. The maximum Gasteiger partial charge on any atom is 0.232 e. The van der Waals surface area contributed by atoms with Gasteiger partial charge in [-0.3, -0.25) is 0 Å². The Balaban J connectivity index is 1.48. The number of anilines is 3. The molecule has 2 aromatic heterocycles. The first-order chi connectivity index (χ1) is 14.5. The molecule has 4 rings (SSSR count). The van der Waals surface area contributed by atoms with Gasteiger partial charge in [-0.2, -0.15) is 15.0 Å². The van der Waals surface area contributed by atoms with Gasteiger partial charge in [0.2, 0.25) is 11.9 Å². The quantitative estimate of drug-likeness (QED) is 0.430. The summed E-state index contributed by atoms with van der Waals surface area (Å²) in [6, 6.07) is 13.3. The lowest BCUT2D eigenvalue weighted by Gasteiger charge is -2.07. The SMILES string of the molecule is Cn1c(SCc2nc(N)nc(Nc3ccc(F)cc3)n2)nnc1-c1ccc(Cl)cc1. The molecule has 4 aromatic rings. The van der Waals surface area contributed by atoms with Gasteiger partial charge in [-0.05, 0) is 48.5 Å². The fourth-order valence-electron chi connectivity index (χ4n) is 2.64. The number of thioether (sulfide) groups is 1. The highest BCUT2D eigenvalue weighted by Crippen LogP contribution is 2.26. The summed E-state index contributed by atoms with van der Waals surface area (Å²) in [4.78, 5) is 12.6. The number of nitrogens with zero attached hydrogens (tertiary/aromatic N) is 6. The zero-order valence-electron chi connectivity index (χ0n) is 15.8. The smallest absolute Gasteiger partial charge is 0.232 e. The summed E-state index contributed by atoms with van der Waals surface area (Å²) < 4.78 is 15.0. The highest BCUT2D eigenvalue weighted by molar-refractivity contribution is 7.98. The summed E-state index contributed by atoms with van der Waals surface area (Å²) in [7, 11) is 1.88. The van der Waals surface area contributed by atoms with Crippen LogP contribution in [-0.2, 0) is 12.8 Å². The van der Waals surface area contributed by atoms with E-state index in [1.165, 1.54) is 23.9 Å². The molecule has 3 N–H and O–H groups in total. The molecule has 11 heteroatoms. The molecule has 0 radical (unpaired) electrons. The van der Waals surface area contributed by atoms with E-state index in [2.05, 4.69) is 30.5 Å². The maximum absolute atomic E-state index is 13.1. The molecule has 0 amide bonds. The van der Waals surface area contributed by atoms with Crippen LogP contribution in [0.25, 0.3) is 11.4 Å². The highest BCUT2D eigenvalue weighted by Gasteiger charge is 2.13. The van der Waals surface area contributed by atoms with Crippen molar-refractivity contribution in [3.63, 3.8) is 0 Å². The summed E-state index contributed by atoms with van der Waals surface area (Å²) in [5, 5.41) is 12.8. The van der Waals surface area contributed by atoms with E-state index in [9.17, 15) is 4.39 Å². The Morgan fingerprint density at radius 1 is 1.03 bits per heavy atom. The van der Waals surface area contributed by atoms with Crippen LogP contribution in [0.4, 0.5) is 22.0 Å². The largest absolute Gasteiger partial charge is 0.368 e. The van der Waals surface area contributed by atoms with Crippen molar-refractivity contribution >= 4 is 40.9 Å². The zero-order valence-corrected chi connectivity index (χ0v) is 17.3. The van der Waals surface area contributed by atoms with Gasteiger partial charge in [0.05, 0.1) is 5.75 Å². The number of nitrogen functional groups attached to an aromatic ring is 1. The minimum atomic E-state index is -0.325. The first-order valence-electron chi connectivity index (χ1n) is 8.79. The van der Waals surface area contributed by atoms with Crippen LogP contribution in [0, 0.1) is 5.82 Å². The van der Waals surface area contributed by atoms with Gasteiger partial charge in [-0.1, -0.05) is 23.4 Å². The van der Waals surface area contributed by atoms with Crippen molar-refractivity contribution in [1.29, 1.82) is 0 Å². The molecule has 0 saturated carbocycles. The standard InChI is InChI=1S/C19H16ClFN8S/c1-29-16(11-2-4-12(20)5-3-11)27-28-19(29)30-10-15-24-17(22)26-18(25-15)23-14-8-6-13(21)7-9-14/h2-9H,10H2,1H3,(H3,22,23,24,25,26). The van der Waals surface area contributed by atoms with E-state index in [-0.39, 0.29) is 17.7 Å². The van der Waals surface area contributed by atoms with Crippen molar-refractivity contribution in [3.05, 3.63) is 65.2 Å². The number of nitrogens with one attached hydrogen (secondary N) is 1. The van der Waals surface area contributed by atoms with Gasteiger partial charge < -0.3 is 15.6 Å². The molecule has 0 aliphatic heterocycles. The summed E-state index contributed by atoms with van der Waals surface area (Å²) in [6.45, 7) is 0. The van der Waals surface area contributed by atoms with Crippen molar-refractivity contribution in [3.8, 4) is 11.4 Å². The van der Waals surface area contributed by atoms with Gasteiger partial charge in [0.15, 0.2) is 11.0 Å². The van der Waals surface area contributed by atoms with E-state index >= 15 is 0 Å². The summed E-state index contributed by atoms with van der Waals surface area (Å²) in [5.74, 6) is 1.66. The van der Waals surface area contributed by atoms with Gasteiger partial charge in [-0.15, -0.1) is 10.2 Å². The van der Waals surface area contributed by atoms with E-state index in [0.29, 0.717) is 27.4 Å². The van der Waals surface area contributed by atoms with E-state index in [4.69, 9.17) is 17.3 Å². The van der Waals surface area contributed by atoms with Gasteiger partial charge in [-0.25, -0.2) is 4.39 Å². The third-order valence-corrected chi connectivity index (χ3v) is 5.34. The van der Waals surface area contributed by atoms with E-state index in [1.54, 1.807) is 12.1 Å². The first kappa shape index (κ1) is 20.0. The van der Waals surface area contributed by atoms with Gasteiger partial charge in [0.25, 0.3) is 0 Å². The maximum atomic E-state index is 13.1. The zero-order chi connectivity index (χ0) is 21.1. The summed E-state index contributed by atoms with van der Waals surface area (Å²) in [6.07, 6.45) is 0. The first-order valence-corrected chi connectivity index (χ1v) is 10.2. The Kier molecular flexibility index (Phi) is 5.77. The van der Waals surface area contributed by atoms with Crippen LogP contribution in [0.2, 0.25) is 5.02 Å². The number of hydrogen-bond acceptors (Lipinski definition) is 8. The van der Waals surface area contributed by atoms with Gasteiger partial charge in [0, 0.05) is 23.3 Å². The summed E-state index contributed by atoms with van der Waals surface area (Å²) in [5.41, 5.74) is 7.37. The predicted molar refractivity (Wildman–Crippen MR) is 115 cm³/mol. The molecule has 0 aliphatic rings. The number of rotatable bonds is 6. The second-order valence-electron chi connectivity index (χ2n) is 6.23. The second-order valence-corrected chi connectivity index (χ2v) is 7.61. The Hall–Kier alpha value is -3.24. The minimum absolute atomic E-state index is 0.0880. The molecule has 0 saturated heterocycles. The molecule has 152 valence electrons. The lowest BCUT2D eigenvalue weighted by atomic mass is 10.2. The molecule has 8 nitrogen and oxygen atoms in total. The average molecular weight is 443 g/mol. The fraction of sp³-hybridized carbons (Fsp3) is 0.105. The van der Waals surface area contributed by atoms with Crippen LogP contribution in [0.5, 0.6) is 0 Å². The number of hydrogen-bond donors (Lipinski definition) is 2. The Bertz CT molecular complexity index is 1160. The van der Waals surface area contributed by atoms with Crippen molar-refractivity contribution in [2.45, 2.75) is 10.9 Å². The second kappa shape index (κ2) is 8.64. The van der Waals surface area contributed by atoms with Crippen LogP contribution >= 0.6 is 23.4 Å². The lowest BCUT2D eigenvalue weighted by Crippen LogP contribution is -2.06. The van der Waals surface area contributed by atoms with E-state index < -0.39 is 0 Å². The monoisotopic (exact) mass is 442 g/mol. The van der Waals surface area contributed by atoms with E-state index in [0.717, 1.165) is 11.4 Å². The number of aromatic nitrogens is 6. The van der Waals surface area contributed by atoms with Crippen LogP contribution in [-0.4, -0.2) is 29.7 Å². The van der Waals surface area contributed by atoms with Crippen molar-refractivity contribution in [2.75, 3.05) is 11.1 Å². The molecule has 0 spiro atoms. The van der Waals surface area contributed by atoms with Crippen molar-refractivity contribution in [2.24, 2.45) is 7.05 Å². The number of nitrogens with two attached hydrogens (primary N) is 1. The topological polar surface area (TPSA) is 107 Å². The van der Waals surface area contributed by atoms with Crippen molar-refractivity contribution < 1.29 is 4.39 Å². The minimum Gasteiger partial charge on any atom is -0.368 e. The van der Waals surface area contributed by atoms with E-state index in [1.807, 2.05) is 35.9 Å². The van der Waals surface area contributed by atoms with Gasteiger partial charge in [0.1, 0.15) is 11.6 Å². The summed E-state index contributed by atoms with van der Waals surface area (Å²) >= 11 is 7.37.